The van der Waals surface area contributed by atoms with E-state index in [-0.39, 0.29) is 28.9 Å². The SMILES string of the molecule is CCC(SC(C)C)C(=O)NC(C)CC(C)C(C)=O. The van der Waals surface area contributed by atoms with E-state index >= 15 is 0 Å². The number of hydrogen-bond acceptors (Lipinski definition) is 3. The fraction of sp³-hybridized carbons (Fsp3) is 0.857. The summed E-state index contributed by atoms with van der Waals surface area (Å²) in [5.74, 6) is 0.289. The molecule has 0 aliphatic carbocycles. The lowest BCUT2D eigenvalue weighted by Gasteiger charge is -2.21. The molecule has 0 aliphatic heterocycles. The molecule has 0 fully saturated rings. The minimum atomic E-state index is 0.0122. The Morgan fingerprint density at radius 1 is 1.17 bits per heavy atom. The molecule has 1 N–H and O–H groups in total. The van der Waals surface area contributed by atoms with E-state index in [9.17, 15) is 9.59 Å². The highest BCUT2D eigenvalue weighted by atomic mass is 32.2. The van der Waals surface area contributed by atoms with Crippen molar-refractivity contribution >= 4 is 23.5 Å². The van der Waals surface area contributed by atoms with Gasteiger partial charge in [0.1, 0.15) is 5.78 Å². The second kappa shape index (κ2) is 8.57. The van der Waals surface area contributed by atoms with Gasteiger partial charge in [0.15, 0.2) is 0 Å². The molecule has 0 aromatic rings. The van der Waals surface area contributed by atoms with E-state index < -0.39 is 0 Å². The quantitative estimate of drug-likeness (QED) is 0.739. The molecule has 18 heavy (non-hydrogen) atoms. The average Bonchev–Trinajstić information content (AvgIpc) is 2.24. The molecule has 0 rings (SSSR count). The van der Waals surface area contributed by atoms with Crippen LogP contribution in [0.2, 0.25) is 0 Å². The minimum absolute atomic E-state index is 0.0122. The van der Waals surface area contributed by atoms with E-state index in [1.807, 2.05) is 20.8 Å². The number of carbonyl (C=O) groups excluding carboxylic acids is 2. The smallest absolute Gasteiger partial charge is 0.233 e. The van der Waals surface area contributed by atoms with Gasteiger partial charge in [-0.3, -0.25) is 9.59 Å². The van der Waals surface area contributed by atoms with Crippen LogP contribution in [0.15, 0.2) is 0 Å². The zero-order valence-corrected chi connectivity index (χ0v) is 13.3. The lowest BCUT2D eigenvalue weighted by atomic mass is 9.99. The van der Waals surface area contributed by atoms with E-state index in [4.69, 9.17) is 0 Å². The van der Waals surface area contributed by atoms with Crippen molar-refractivity contribution in [3.05, 3.63) is 0 Å². The summed E-state index contributed by atoms with van der Waals surface area (Å²) in [7, 11) is 0. The molecular weight excluding hydrogens is 246 g/mol. The molecule has 0 saturated heterocycles. The lowest BCUT2D eigenvalue weighted by molar-refractivity contribution is -0.123. The van der Waals surface area contributed by atoms with Crippen LogP contribution in [0.1, 0.15) is 54.4 Å². The first-order chi connectivity index (χ1) is 8.27. The topological polar surface area (TPSA) is 46.2 Å². The first-order valence-corrected chi connectivity index (χ1v) is 7.68. The molecular formula is C14H27NO2S. The molecule has 0 saturated carbocycles. The van der Waals surface area contributed by atoms with Crippen LogP contribution in [-0.2, 0) is 9.59 Å². The van der Waals surface area contributed by atoms with Crippen LogP contribution < -0.4 is 5.32 Å². The van der Waals surface area contributed by atoms with Crippen molar-refractivity contribution in [1.82, 2.24) is 5.32 Å². The molecule has 4 heteroatoms. The second-order valence-electron chi connectivity index (χ2n) is 5.24. The van der Waals surface area contributed by atoms with Crippen molar-refractivity contribution in [2.24, 2.45) is 5.92 Å². The Balaban J connectivity index is 4.23. The molecule has 0 bridgehead atoms. The number of nitrogens with one attached hydrogen (secondary N) is 1. The molecule has 0 aliphatic rings. The second-order valence-corrected chi connectivity index (χ2v) is 7.02. The highest BCUT2D eigenvalue weighted by molar-refractivity contribution is 8.01. The van der Waals surface area contributed by atoms with Crippen molar-refractivity contribution < 1.29 is 9.59 Å². The molecule has 0 heterocycles. The van der Waals surface area contributed by atoms with E-state index in [0.717, 1.165) is 6.42 Å². The first-order valence-electron chi connectivity index (χ1n) is 6.74. The third-order valence-corrected chi connectivity index (χ3v) is 4.31. The van der Waals surface area contributed by atoms with Gasteiger partial charge in [-0.2, -0.15) is 0 Å². The monoisotopic (exact) mass is 273 g/mol. The van der Waals surface area contributed by atoms with Crippen LogP contribution >= 0.6 is 11.8 Å². The van der Waals surface area contributed by atoms with E-state index in [1.165, 1.54) is 0 Å². The molecule has 3 unspecified atom stereocenters. The number of rotatable bonds is 8. The largest absolute Gasteiger partial charge is 0.353 e. The number of thioether (sulfide) groups is 1. The van der Waals surface area contributed by atoms with Crippen LogP contribution in [0.5, 0.6) is 0 Å². The third kappa shape index (κ3) is 7.04. The normalized spacial score (nSPS) is 16.2. The average molecular weight is 273 g/mol. The number of ketones is 1. The molecule has 1 amide bonds. The van der Waals surface area contributed by atoms with Crippen molar-refractivity contribution in [2.45, 2.75) is 70.9 Å². The number of hydrogen-bond donors (Lipinski definition) is 1. The highest BCUT2D eigenvalue weighted by Crippen LogP contribution is 2.20. The van der Waals surface area contributed by atoms with Crippen molar-refractivity contribution in [3.8, 4) is 0 Å². The van der Waals surface area contributed by atoms with Crippen molar-refractivity contribution in [3.63, 3.8) is 0 Å². The molecule has 106 valence electrons. The number of carbonyl (C=O) groups is 2. The summed E-state index contributed by atoms with van der Waals surface area (Å²) in [5, 5.41) is 3.48. The Morgan fingerprint density at radius 3 is 2.11 bits per heavy atom. The van der Waals surface area contributed by atoms with Gasteiger partial charge in [0.05, 0.1) is 5.25 Å². The maximum absolute atomic E-state index is 12.1. The Kier molecular flexibility index (Phi) is 8.32. The van der Waals surface area contributed by atoms with Gasteiger partial charge in [-0.25, -0.2) is 0 Å². The summed E-state index contributed by atoms with van der Waals surface area (Å²) in [6.07, 6.45) is 1.55. The molecule has 0 spiro atoms. The summed E-state index contributed by atoms with van der Waals surface area (Å²) in [5.41, 5.74) is 0. The summed E-state index contributed by atoms with van der Waals surface area (Å²) < 4.78 is 0. The summed E-state index contributed by atoms with van der Waals surface area (Å²) in [4.78, 5) is 23.2. The van der Waals surface area contributed by atoms with Gasteiger partial charge in [0, 0.05) is 12.0 Å². The molecule has 3 nitrogen and oxygen atoms in total. The Bertz CT molecular complexity index is 279. The van der Waals surface area contributed by atoms with E-state index in [1.54, 1.807) is 18.7 Å². The Morgan fingerprint density at radius 2 is 1.72 bits per heavy atom. The van der Waals surface area contributed by atoms with Crippen LogP contribution in [0, 0.1) is 5.92 Å². The number of Topliss-reactive ketones (excluding diaryl/α,β-unsaturated/α-hetero) is 1. The standard InChI is InChI=1S/C14H27NO2S/c1-7-13(18-9(2)3)14(17)15-11(5)8-10(4)12(6)16/h9-11,13H,7-8H2,1-6H3,(H,15,17). The Labute approximate surface area is 115 Å². The lowest BCUT2D eigenvalue weighted by Crippen LogP contribution is -2.40. The highest BCUT2D eigenvalue weighted by Gasteiger charge is 2.21. The van der Waals surface area contributed by atoms with E-state index in [2.05, 4.69) is 19.2 Å². The molecule has 0 radical (unpaired) electrons. The maximum Gasteiger partial charge on any atom is 0.233 e. The fourth-order valence-electron chi connectivity index (χ4n) is 1.76. The summed E-state index contributed by atoms with van der Waals surface area (Å²) in [6.45, 7) is 11.7. The van der Waals surface area contributed by atoms with Gasteiger partial charge in [-0.1, -0.05) is 27.7 Å². The fourth-order valence-corrected chi connectivity index (χ4v) is 2.80. The minimum Gasteiger partial charge on any atom is -0.353 e. The zero-order valence-electron chi connectivity index (χ0n) is 12.4. The van der Waals surface area contributed by atoms with Crippen LogP contribution in [0.25, 0.3) is 0 Å². The van der Waals surface area contributed by atoms with Gasteiger partial charge in [0.2, 0.25) is 5.91 Å². The zero-order chi connectivity index (χ0) is 14.3. The van der Waals surface area contributed by atoms with Crippen molar-refractivity contribution in [2.75, 3.05) is 0 Å². The predicted octanol–water partition coefficient (Wildman–Crippen LogP) is 3.03. The maximum atomic E-state index is 12.1. The van der Waals surface area contributed by atoms with Gasteiger partial charge in [0.25, 0.3) is 0 Å². The molecule has 0 aromatic heterocycles. The third-order valence-electron chi connectivity index (χ3n) is 2.89. The molecule has 3 atom stereocenters. The van der Waals surface area contributed by atoms with Crippen LogP contribution in [0.4, 0.5) is 0 Å². The van der Waals surface area contributed by atoms with Gasteiger partial charge in [-0.05, 0) is 31.9 Å². The van der Waals surface area contributed by atoms with Gasteiger partial charge < -0.3 is 5.32 Å². The summed E-state index contributed by atoms with van der Waals surface area (Å²) >= 11 is 1.70. The van der Waals surface area contributed by atoms with Gasteiger partial charge in [-0.15, -0.1) is 11.8 Å². The molecule has 0 aromatic carbocycles. The van der Waals surface area contributed by atoms with Crippen LogP contribution in [0.3, 0.4) is 0 Å². The predicted molar refractivity (Wildman–Crippen MR) is 78.9 cm³/mol. The van der Waals surface area contributed by atoms with Crippen molar-refractivity contribution in [1.29, 1.82) is 0 Å². The van der Waals surface area contributed by atoms with E-state index in [0.29, 0.717) is 11.7 Å². The van der Waals surface area contributed by atoms with Gasteiger partial charge >= 0.3 is 0 Å². The van der Waals surface area contributed by atoms with Crippen LogP contribution in [-0.4, -0.2) is 28.2 Å². The number of amides is 1. The summed E-state index contributed by atoms with van der Waals surface area (Å²) in [6, 6.07) is 0.0539. The first kappa shape index (κ1) is 17.5. The Hall–Kier alpha value is -0.510.